The summed E-state index contributed by atoms with van der Waals surface area (Å²) in [6, 6.07) is 0. The number of ether oxygens (including phenoxy) is 1. The van der Waals surface area contributed by atoms with Crippen molar-refractivity contribution in [3.05, 3.63) is 19.6 Å². The number of aliphatic hydroxyl groups excluding tert-OH is 2. The third kappa shape index (κ3) is 2.53. The van der Waals surface area contributed by atoms with E-state index in [0.29, 0.717) is 29.8 Å². The molecule has 111 valence electrons. The van der Waals surface area contributed by atoms with Gasteiger partial charge in [0.2, 0.25) is 11.3 Å². The molecule has 0 aliphatic carbocycles. The molecule has 21 heavy (non-hydrogen) atoms. The Kier molecular flexibility index (Phi) is 3.91. The van der Waals surface area contributed by atoms with Gasteiger partial charge in [-0.15, -0.1) is 0 Å². The molecule has 0 unspecified atom stereocenters. The van der Waals surface area contributed by atoms with Gasteiger partial charge in [0.05, 0.1) is 12.7 Å². The minimum absolute atomic E-state index is 0.214. The summed E-state index contributed by atoms with van der Waals surface area (Å²) in [6.07, 6.45) is 4.13. The van der Waals surface area contributed by atoms with E-state index in [9.17, 15) is 5.11 Å². The summed E-state index contributed by atoms with van der Waals surface area (Å²) in [6.45, 7) is 3.48. The number of imidazole rings is 1. The van der Waals surface area contributed by atoms with Gasteiger partial charge in [-0.25, -0.2) is 9.56 Å². The fraction of sp³-hybridized carbons (Fsp3) is 0.462. The van der Waals surface area contributed by atoms with Gasteiger partial charge in [-0.2, -0.15) is 4.98 Å². The Morgan fingerprint density at radius 1 is 1.57 bits per heavy atom. The molecular weight excluding hydrogens is 274 g/mol. The predicted octanol–water partition coefficient (Wildman–Crippen LogP) is -0.187. The molecule has 0 aromatic carbocycles. The molecule has 0 amide bonds. The van der Waals surface area contributed by atoms with Gasteiger partial charge in [0.1, 0.15) is 6.10 Å². The fourth-order valence-electron chi connectivity index (χ4n) is 2.41. The lowest BCUT2D eigenvalue weighted by molar-refractivity contribution is -0.738. The molecular formula is C13H17N5O3+. The number of aliphatic hydroxyl groups is 2. The molecule has 1 aliphatic heterocycles. The maximum Gasteiger partial charge on any atom is 0.309 e. The van der Waals surface area contributed by atoms with Crippen LogP contribution in [0.1, 0.15) is 19.1 Å². The molecule has 1 saturated heterocycles. The smallest absolute Gasteiger partial charge is 0.309 e. The SMILES string of the molecule is [CH2]CC=Nc1ncnc2c1[nH]c[n+]2[C@H]1C[C@H](O)[C@@H](CO)O1. The number of hydrogen-bond donors (Lipinski definition) is 3. The van der Waals surface area contributed by atoms with Gasteiger partial charge in [-0.3, -0.25) is 4.98 Å². The molecule has 0 bridgehead atoms. The Hall–Kier alpha value is -1.90. The molecule has 3 heterocycles. The Morgan fingerprint density at radius 3 is 3.14 bits per heavy atom. The van der Waals surface area contributed by atoms with Crippen LogP contribution in [0.5, 0.6) is 0 Å². The van der Waals surface area contributed by atoms with Crippen LogP contribution in [0.4, 0.5) is 5.82 Å². The van der Waals surface area contributed by atoms with E-state index in [2.05, 4.69) is 26.9 Å². The molecule has 2 aromatic rings. The first-order valence-electron chi connectivity index (χ1n) is 6.74. The second-order valence-corrected chi connectivity index (χ2v) is 4.79. The van der Waals surface area contributed by atoms with Gasteiger partial charge >= 0.3 is 5.65 Å². The van der Waals surface area contributed by atoms with E-state index in [1.807, 2.05) is 0 Å². The predicted molar refractivity (Wildman–Crippen MR) is 73.8 cm³/mol. The first kappa shape index (κ1) is 14.1. The normalized spacial score (nSPS) is 26.1. The highest BCUT2D eigenvalue weighted by Crippen LogP contribution is 2.26. The Labute approximate surface area is 121 Å². The Morgan fingerprint density at radius 2 is 2.43 bits per heavy atom. The first-order valence-corrected chi connectivity index (χ1v) is 6.74. The number of rotatable bonds is 4. The van der Waals surface area contributed by atoms with Crippen LogP contribution in [0.3, 0.4) is 0 Å². The topological polar surface area (TPSA) is 108 Å². The number of fused-ring (bicyclic) bond motifs is 1. The van der Waals surface area contributed by atoms with Crippen LogP contribution in [-0.4, -0.2) is 50.2 Å². The van der Waals surface area contributed by atoms with Crippen LogP contribution in [0.15, 0.2) is 17.6 Å². The molecule has 1 radical (unpaired) electrons. The minimum Gasteiger partial charge on any atom is -0.394 e. The number of aromatic nitrogens is 4. The lowest BCUT2D eigenvalue weighted by atomic mass is 10.2. The van der Waals surface area contributed by atoms with Crippen molar-refractivity contribution in [2.24, 2.45) is 4.99 Å². The molecule has 0 spiro atoms. The minimum atomic E-state index is -0.692. The molecule has 0 saturated carbocycles. The molecule has 3 atom stereocenters. The zero-order valence-corrected chi connectivity index (χ0v) is 11.4. The van der Waals surface area contributed by atoms with Crippen LogP contribution < -0.4 is 4.57 Å². The highest BCUT2D eigenvalue weighted by molar-refractivity contribution is 5.80. The van der Waals surface area contributed by atoms with Crippen LogP contribution in [0, 0.1) is 6.92 Å². The van der Waals surface area contributed by atoms with E-state index in [-0.39, 0.29) is 12.8 Å². The van der Waals surface area contributed by atoms with Crippen molar-refractivity contribution >= 4 is 23.2 Å². The van der Waals surface area contributed by atoms with Crippen molar-refractivity contribution in [3.8, 4) is 0 Å². The fourth-order valence-corrected chi connectivity index (χ4v) is 2.41. The van der Waals surface area contributed by atoms with Crippen LogP contribution in [0.2, 0.25) is 0 Å². The summed E-state index contributed by atoms with van der Waals surface area (Å²) in [7, 11) is 0. The maximum absolute atomic E-state index is 9.83. The third-order valence-corrected chi connectivity index (χ3v) is 3.44. The van der Waals surface area contributed by atoms with Crippen molar-refractivity contribution < 1.29 is 19.5 Å². The zero-order valence-electron chi connectivity index (χ0n) is 11.4. The number of hydrogen-bond acceptors (Lipinski definition) is 6. The third-order valence-electron chi connectivity index (χ3n) is 3.44. The number of aromatic amines is 1. The summed E-state index contributed by atoms with van der Waals surface area (Å²) < 4.78 is 7.41. The number of aliphatic imine (C=N–C) groups is 1. The largest absolute Gasteiger partial charge is 0.394 e. The van der Waals surface area contributed by atoms with Crippen LogP contribution in [0.25, 0.3) is 11.2 Å². The van der Waals surface area contributed by atoms with Crippen molar-refractivity contribution in [2.45, 2.75) is 31.3 Å². The summed E-state index contributed by atoms with van der Waals surface area (Å²) in [5.41, 5.74) is 1.32. The zero-order chi connectivity index (χ0) is 14.8. The van der Waals surface area contributed by atoms with Crippen molar-refractivity contribution in [1.82, 2.24) is 15.0 Å². The van der Waals surface area contributed by atoms with E-state index < -0.39 is 12.2 Å². The Balaban J connectivity index is 1.96. The van der Waals surface area contributed by atoms with Crippen molar-refractivity contribution in [1.29, 1.82) is 0 Å². The van der Waals surface area contributed by atoms with Crippen LogP contribution >= 0.6 is 0 Å². The number of nitrogens with one attached hydrogen (secondary N) is 1. The highest BCUT2D eigenvalue weighted by Gasteiger charge is 2.37. The number of nitrogens with zero attached hydrogens (tertiary/aromatic N) is 4. The maximum atomic E-state index is 9.83. The summed E-state index contributed by atoms with van der Waals surface area (Å²) in [4.78, 5) is 15.7. The average Bonchev–Trinajstić information content (AvgIpc) is 3.08. The van der Waals surface area contributed by atoms with E-state index in [0.717, 1.165) is 0 Å². The summed E-state index contributed by atoms with van der Waals surface area (Å²) >= 11 is 0. The highest BCUT2D eigenvalue weighted by atomic mass is 16.5. The molecule has 3 rings (SSSR count). The van der Waals surface area contributed by atoms with E-state index >= 15 is 0 Å². The quantitative estimate of drug-likeness (QED) is 0.534. The van der Waals surface area contributed by atoms with Gasteiger partial charge in [0.15, 0.2) is 18.9 Å². The van der Waals surface area contributed by atoms with Gasteiger partial charge in [0, 0.05) is 12.6 Å². The lowest BCUT2D eigenvalue weighted by Gasteiger charge is -2.10. The van der Waals surface area contributed by atoms with Gasteiger partial charge in [-0.1, -0.05) is 4.98 Å². The Bertz CT molecular complexity index is 656. The van der Waals surface area contributed by atoms with Gasteiger partial charge in [-0.05, 0) is 13.3 Å². The summed E-state index contributed by atoms with van der Waals surface area (Å²) in [5, 5.41) is 19.0. The van der Waals surface area contributed by atoms with Crippen molar-refractivity contribution in [2.75, 3.05) is 6.61 Å². The average molecular weight is 291 g/mol. The lowest BCUT2D eigenvalue weighted by Crippen LogP contribution is -2.39. The molecule has 8 heteroatoms. The molecule has 1 fully saturated rings. The standard InChI is InChI=1S/C13H16N5O3/c1-2-3-14-12-11-13(16-6-15-12)18(7-17-11)10-4-8(20)9(5-19)21-10/h3,6-10,19-20H,1-2,4-5H2/p+1/t8-,9+,10+/m0/s1. The van der Waals surface area contributed by atoms with Crippen LogP contribution in [-0.2, 0) is 4.74 Å². The van der Waals surface area contributed by atoms with E-state index in [1.165, 1.54) is 6.33 Å². The number of H-pyrrole nitrogens is 1. The van der Waals surface area contributed by atoms with Crippen molar-refractivity contribution in [3.63, 3.8) is 0 Å². The second kappa shape index (κ2) is 5.84. The second-order valence-electron chi connectivity index (χ2n) is 4.79. The molecule has 8 nitrogen and oxygen atoms in total. The monoisotopic (exact) mass is 291 g/mol. The van der Waals surface area contributed by atoms with Gasteiger partial charge < -0.3 is 14.9 Å². The molecule has 1 aliphatic rings. The summed E-state index contributed by atoms with van der Waals surface area (Å²) in [5.74, 6) is 0.527. The van der Waals surface area contributed by atoms with E-state index in [4.69, 9.17) is 9.84 Å². The molecule has 3 N–H and O–H groups in total. The van der Waals surface area contributed by atoms with E-state index in [1.54, 1.807) is 17.1 Å². The molecule has 2 aromatic heterocycles. The first-order chi connectivity index (χ1) is 10.2. The van der Waals surface area contributed by atoms with Gasteiger partial charge in [0.25, 0.3) is 0 Å².